The van der Waals surface area contributed by atoms with Crippen molar-refractivity contribution in [3.63, 3.8) is 0 Å². The zero-order valence-electron chi connectivity index (χ0n) is 19.5. The number of amides is 1. The Bertz CT molecular complexity index is 1310. The van der Waals surface area contributed by atoms with Crippen LogP contribution in [0, 0.1) is 0 Å². The number of halogens is 3. The fourth-order valence-electron chi connectivity index (χ4n) is 5.28. The van der Waals surface area contributed by atoms with Gasteiger partial charge in [-0.1, -0.05) is 6.07 Å². The second-order valence-corrected chi connectivity index (χ2v) is 9.63. The van der Waals surface area contributed by atoms with E-state index in [-0.39, 0.29) is 5.91 Å². The van der Waals surface area contributed by atoms with Gasteiger partial charge >= 0.3 is 6.18 Å². The van der Waals surface area contributed by atoms with E-state index in [9.17, 15) is 18.0 Å². The Balaban J connectivity index is 1.38. The molecule has 9 heteroatoms. The van der Waals surface area contributed by atoms with Crippen LogP contribution in [0.3, 0.4) is 0 Å². The van der Waals surface area contributed by atoms with E-state index in [1.165, 1.54) is 6.20 Å². The standard InChI is InChI=1S/C26H26F3N5O/c1-16(35)32-11-12-34-22(15-32)25(31-24(34)17-4-5-17)33-10-2-3-20-13-18(6-7-21(20)33)19-8-9-30-23(14-19)26(27,28)29/h6-9,13-14,17H,2-5,10-12,15H2,1H3. The molecule has 0 spiro atoms. The number of pyridine rings is 1. The lowest BCUT2D eigenvalue weighted by Gasteiger charge is -2.33. The van der Waals surface area contributed by atoms with Gasteiger partial charge in [-0.3, -0.25) is 9.78 Å². The van der Waals surface area contributed by atoms with Crippen molar-refractivity contribution < 1.29 is 18.0 Å². The monoisotopic (exact) mass is 481 g/mol. The third kappa shape index (κ3) is 3.96. The van der Waals surface area contributed by atoms with Crippen LogP contribution in [0.2, 0.25) is 0 Å². The fraction of sp³-hybridized carbons (Fsp3) is 0.423. The molecule has 35 heavy (non-hydrogen) atoms. The minimum absolute atomic E-state index is 0.0654. The van der Waals surface area contributed by atoms with Gasteiger partial charge in [-0.25, -0.2) is 4.98 Å². The van der Waals surface area contributed by atoms with Gasteiger partial charge in [-0.05, 0) is 66.6 Å². The molecule has 0 N–H and O–H groups in total. The summed E-state index contributed by atoms with van der Waals surface area (Å²) in [6.07, 6.45) is 0.802. The Hall–Kier alpha value is -3.36. The first-order valence-electron chi connectivity index (χ1n) is 12.1. The molecule has 3 aromatic rings. The number of hydrogen-bond donors (Lipinski definition) is 0. The first-order valence-corrected chi connectivity index (χ1v) is 12.1. The van der Waals surface area contributed by atoms with Crippen LogP contribution in [-0.4, -0.2) is 38.4 Å². The van der Waals surface area contributed by atoms with Crippen LogP contribution in [0.15, 0.2) is 36.5 Å². The van der Waals surface area contributed by atoms with Crippen molar-refractivity contribution >= 4 is 17.4 Å². The lowest BCUT2D eigenvalue weighted by atomic mass is 9.96. The first kappa shape index (κ1) is 22.1. The van der Waals surface area contributed by atoms with Crippen LogP contribution >= 0.6 is 0 Å². The molecule has 1 aromatic carbocycles. The molecule has 6 nitrogen and oxygen atoms in total. The highest BCUT2D eigenvalue weighted by molar-refractivity contribution is 5.75. The molecule has 6 rings (SSSR count). The molecule has 0 bridgehead atoms. The lowest BCUT2D eigenvalue weighted by Crippen LogP contribution is -2.38. The molecule has 182 valence electrons. The molecule has 4 heterocycles. The van der Waals surface area contributed by atoms with Crippen LogP contribution in [0.4, 0.5) is 24.7 Å². The van der Waals surface area contributed by atoms with E-state index >= 15 is 0 Å². The number of nitrogens with zero attached hydrogens (tertiary/aromatic N) is 5. The Morgan fingerprint density at radius 2 is 1.86 bits per heavy atom. The molecular formula is C26H26F3N5O. The maximum atomic E-state index is 13.2. The van der Waals surface area contributed by atoms with Crippen LogP contribution in [0.1, 0.15) is 54.9 Å². The molecule has 2 aromatic heterocycles. The third-order valence-corrected chi connectivity index (χ3v) is 7.24. The summed E-state index contributed by atoms with van der Waals surface area (Å²) < 4.78 is 41.8. The molecule has 1 saturated carbocycles. The molecule has 0 radical (unpaired) electrons. The Morgan fingerprint density at radius 3 is 2.60 bits per heavy atom. The number of anilines is 2. The smallest absolute Gasteiger partial charge is 0.335 e. The number of hydrogen-bond acceptors (Lipinski definition) is 4. The molecule has 0 atom stereocenters. The number of benzene rings is 1. The van der Waals surface area contributed by atoms with Crippen molar-refractivity contribution in [3.05, 3.63) is 59.3 Å². The summed E-state index contributed by atoms with van der Waals surface area (Å²) in [4.78, 5) is 24.8. The SMILES string of the molecule is CC(=O)N1CCn2c(C3CC3)nc(N3CCCc4cc(-c5ccnc(C(F)(F)F)c5)ccc43)c2C1. The van der Waals surface area contributed by atoms with E-state index in [2.05, 4.69) is 14.5 Å². The van der Waals surface area contributed by atoms with Crippen molar-refractivity contribution in [2.24, 2.45) is 0 Å². The summed E-state index contributed by atoms with van der Waals surface area (Å²) in [6.45, 7) is 4.43. The predicted molar refractivity (Wildman–Crippen MR) is 125 cm³/mol. The molecule has 3 aliphatic rings. The minimum atomic E-state index is -4.48. The summed E-state index contributed by atoms with van der Waals surface area (Å²) in [7, 11) is 0. The van der Waals surface area contributed by atoms with E-state index in [0.717, 1.165) is 79.0 Å². The number of alkyl halides is 3. The molecule has 2 aliphatic heterocycles. The average Bonchev–Trinajstić information content (AvgIpc) is 3.63. The van der Waals surface area contributed by atoms with Gasteiger partial charge in [0.05, 0.1) is 12.2 Å². The van der Waals surface area contributed by atoms with Crippen LogP contribution in [0.25, 0.3) is 11.1 Å². The topological polar surface area (TPSA) is 54.3 Å². The molecule has 0 unspecified atom stereocenters. The van der Waals surface area contributed by atoms with Crippen molar-refractivity contribution in [1.29, 1.82) is 0 Å². The number of aromatic nitrogens is 3. The highest BCUT2D eigenvalue weighted by atomic mass is 19.4. The van der Waals surface area contributed by atoms with Gasteiger partial charge in [-0.15, -0.1) is 0 Å². The minimum Gasteiger partial charge on any atom is -0.335 e. The molecule has 1 fully saturated rings. The quantitative estimate of drug-likeness (QED) is 0.510. The zero-order valence-corrected chi connectivity index (χ0v) is 19.5. The predicted octanol–water partition coefficient (Wildman–Crippen LogP) is 5.29. The number of rotatable bonds is 3. The Kier molecular flexibility index (Phi) is 5.12. The number of carbonyl (C=O) groups is 1. The molecule has 1 amide bonds. The number of aryl methyl sites for hydroxylation is 1. The average molecular weight is 482 g/mol. The number of fused-ring (bicyclic) bond motifs is 2. The van der Waals surface area contributed by atoms with E-state index in [0.29, 0.717) is 24.6 Å². The Labute approximate surface area is 201 Å². The highest BCUT2D eigenvalue weighted by Crippen LogP contribution is 2.44. The summed E-state index contributed by atoms with van der Waals surface area (Å²) in [5, 5.41) is 0. The van der Waals surface area contributed by atoms with Crippen LogP contribution in [0.5, 0.6) is 0 Å². The van der Waals surface area contributed by atoms with Crippen molar-refractivity contribution in [1.82, 2.24) is 19.4 Å². The van der Waals surface area contributed by atoms with Gasteiger partial charge in [0.15, 0.2) is 5.82 Å². The van der Waals surface area contributed by atoms with Gasteiger partial charge in [0.1, 0.15) is 11.5 Å². The lowest BCUT2D eigenvalue weighted by molar-refractivity contribution is -0.141. The van der Waals surface area contributed by atoms with E-state index in [1.54, 1.807) is 13.0 Å². The normalized spacial score (nSPS) is 17.8. The van der Waals surface area contributed by atoms with Gasteiger partial charge < -0.3 is 14.4 Å². The summed E-state index contributed by atoms with van der Waals surface area (Å²) >= 11 is 0. The first-order chi connectivity index (χ1) is 16.8. The molecular weight excluding hydrogens is 455 g/mol. The van der Waals surface area contributed by atoms with Gasteiger partial charge in [0, 0.05) is 44.4 Å². The molecule has 1 aliphatic carbocycles. The summed E-state index contributed by atoms with van der Waals surface area (Å²) in [6, 6.07) is 8.57. The van der Waals surface area contributed by atoms with Gasteiger partial charge in [-0.2, -0.15) is 13.2 Å². The zero-order chi connectivity index (χ0) is 24.3. The second-order valence-electron chi connectivity index (χ2n) is 9.63. The van der Waals surface area contributed by atoms with Crippen LogP contribution in [-0.2, 0) is 30.5 Å². The van der Waals surface area contributed by atoms with Crippen molar-refractivity contribution in [3.8, 4) is 11.1 Å². The van der Waals surface area contributed by atoms with E-state index in [4.69, 9.17) is 4.98 Å². The molecule has 0 saturated heterocycles. The number of imidazole rings is 1. The fourth-order valence-corrected chi connectivity index (χ4v) is 5.28. The maximum Gasteiger partial charge on any atom is 0.433 e. The van der Waals surface area contributed by atoms with Gasteiger partial charge in [0.25, 0.3) is 0 Å². The second kappa shape index (κ2) is 8.10. The van der Waals surface area contributed by atoms with Crippen molar-refractivity contribution in [2.75, 3.05) is 18.0 Å². The largest absolute Gasteiger partial charge is 0.433 e. The van der Waals surface area contributed by atoms with Gasteiger partial charge in [0.2, 0.25) is 5.91 Å². The maximum absolute atomic E-state index is 13.2. The van der Waals surface area contributed by atoms with E-state index in [1.807, 2.05) is 23.1 Å². The summed E-state index contributed by atoms with van der Waals surface area (Å²) in [5.74, 6) is 2.59. The number of carbonyl (C=O) groups excluding carboxylic acids is 1. The van der Waals surface area contributed by atoms with Crippen LogP contribution < -0.4 is 4.90 Å². The van der Waals surface area contributed by atoms with E-state index < -0.39 is 11.9 Å². The van der Waals surface area contributed by atoms with Crippen molar-refractivity contribution in [2.45, 2.75) is 57.8 Å². The highest BCUT2D eigenvalue weighted by Gasteiger charge is 2.36. The Morgan fingerprint density at radius 1 is 1.06 bits per heavy atom. The summed E-state index contributed by atoms with van der Waals surface area (Å²) in [5.41, 5.74) is 3.56. The third-order valence-electron chi connectivity index (χ3n) is 7.24.